The highest BCUT2D eigenvalue weighted by molar-refractivity contribution is 9.10. The summed E-state index contributed by atoms with van der Waals surface area (Å²) in [5, 5.41) is 15.4. The minimum Gasteiger partial charge on any atom is -0.364 e. The number of amides is 1. The first-order chi connectivity index (χ1) is 8.70. The van der Waals surface area contributed by atoms with Gasteiger partial charge in [-0.05, 0) is 39.5 Å². The van der Waals surface area contributed by atoms with Gasteiger partial charge in [-0.3, -0.25) is 4.79 Å². The van der Waals surface area contributed by atoms with Crippen molar-refractivity contribution in [3.63, 3.8) is 0 Å². The first kappa shape index (κ1) is 13.0. The average molecular weight is 327 g/mol. The van der Waals surface area contributed by atoms with E-state index in [-0.39, 0.29) is 5.91 Å². The van der Waals surface area contributed by atoms with E-state index >= 15 is 0 Å². The van der Waals surface area contributed by atoms with Crippen LogP contribution in [0, 0.1) is 0 Å². The number of halogens is 1. The third kappa shape index (κ3) is 3.05. The van der Waals surface area contributed by atoms with Gasteiger partial charge in [-0.2, -0.15) is 0 Å². The Morgan fingerprint density at radius 3 is 2.78 bits per heavy atom. The molecule has 0 aliphatic carbocycles. The van der Waals surface area contributed by atoms with Gasteiger partial charge in [-0.15, -0.1) is 21.5 Å². The van der Waals surface area contributed by atoms with Crippen LogP contribution in [0.25, 0.3) is 0 Å². The molecule has 0 atom stereocenters. The van der Waals surface area contributed by atoms with Gasteiger partial charge in [0.2, 0.25) is 0 Å². The molecule has 1 amide bonds. The Hall–Kier alpha value is -1.47. The smallest absolute Gasteiger partial charge is 0.271 e. The van der Waals surface area contributed by atoms with E-state index in [1.54, 1.807) is 30.5 Å². The minimum atomic E-state index is -0.241. The van der Waals surface area contributed by atoms with Crippen LogP contribution in [0.15, 0.2) is 28.1 Å². The van der Waals surface area contributed by atoms with Crippen molar-refractivity contribution in [1.82, 2.24) is 15.5 Å². The lowest BCUT2D eigenvalue weighted by Gasteiger charge is -2.04. The third-order valence-electron chi connectivity index (χ3n) is 2.25. The molecule has 2 aromatic rings. The molecular formula is C11H11BrN4OS. The monoisotopic (exact) mass is 326 g/mol. The number of nitrogens with zero attached hydrogens (tertiary/aromatic N) is 2. The molecule has 2 heterocycles. The van der Waals surface area contributed by atoms with Crippen molar-refractivity contribution in [3.05, 3.63) is 38.6 Å². The summed E-state index contributed by atoms with van der Waals surface area (Å²) in [6.07, 6.45) is 0. The predicted molar refractivity (Wildman–Crippen MR) is 74.8 cm³/mol. The second-order valence-electron chi connectivity index (χ2n) is 3.43. The van der Waals surface area contributed by atoms with Crippen molar-refractivity contribution in [2.24, 2.45) is 0 Å². The SMILES string of the molecule is CNC(=O)c1ccc(NCc2sccc2Br)nn1. The van der Waals surface area contributed by atoms with Crippen LogP contribution in [0.4, 0.5) is 5.82 Å². The summed E-state index contributed by atoms with van der Waals surface area (Å²) in [5.74, 6) is 0.401. The van der Waals surface area contributed by atoms with E-state index in [0.29, 0.717) is 18.1 Å². The van der Waals surface area contributed by atoms with Gasteiger partial charge in [0.1, 0.15) is 5.82 Å². The zero-order chi connectivity index (χ0) is 13.0. The molecule has 94 valence electrons. The number of thiophene rings is 1. The molecule has 18 heavy (non-hydrogen) atoms. The van der Waals surface area contributed by atoms with Crippen molar-refractivity contribution in [1.29, 1.82) is 0 Å². The lowest BCUT2D eigenvalue weighted by Crippen LogP contribution is -2.19. The number of anilines is 1. The Bertz CT molecular complexity index is 540. The quantitative estimate of drug-likeness (QED) is 0.904. The molecule has 5 nitrogen and oxygen atoms in total. The molecule has 0 aromatic carbocycles. The molecular weight excluding hydrogens is 316 g/mol. The normalized spacial score (nSPS) is 10.1. The number of carbonyl (C=O) groups is 1. The number of hydrogen-bond acceptors (Lipinski definition) is 5. The number of rotatable bonds is 4. The zero-order valence-electron chi connectivity index (χ0n) is 9.61. The van der Waals surface area contributed by atoms with E-state index in [0.717, 1.165) is 4.47 Å². The van der Waals surface area contributed by atoms with E-state index in [9.17, 15) is 4.79 Å². The van der Waals surface area contributed by atoms with E-state index in [2.05, 4.69) is 36.8 Å². The summed E-state index contributed by atoms with van der Waals surface area (Å²) in [6.45, 7) is 0.673. The van der Waals surface area contributed by atoms with Gasteiger partial charge in [0.25, 0.3) is 5.91 Å². The topological polar surface area (TPSA) is 66.9 Å². The van der Waals surface area contributed by atoms with Gasteiger partial charge < -0.3 is 10.6 Å². The first-order valence-electron chi connectivity index (χ1n) is 5.22. The van der Waals surface area contributed by atoms with E-state index in [4.69, 9.17) is 0 Å². The highest BCUT2D eigenvalue weighted by Crippen LogP contribution is 2.23. The van der Waals surface area contributed by atoms with Crippen molar-refractivity contribution in [2.45, 2.75) is 6.54 Å². The third-order valence-corrected chi connectivity index (χ3v) is 4.17. The van der Waals surface area contributed by atoms with Crippen LogP contribution >= 0.6 is 27.3 Å². The fourth-order valence-electron chi connectivity index (χ4n) is 1.30. The lowest BCUT2D eigenvalue weighted by atomic mass is 10.3. The van der Waals surface area contributed by atoms with Crippen LogP contribution in [0.2, 0.25) is 0 Å². The van der Waals surface area contributed by atoms with E-state index < -0.39 is 0 Å². The van der Waals surface area contributed by atoms with Crippen molar-refractivity contribution in [3.8, 4) is 0 Å². The number of aromatic nitrogens is 2. The summed E-state index contributed by atoms with van der Waals surface area (Å²) in [7, 11) is 1.56. The summed E-state index contributed by atoms with van der Waals surface area (Å²) in [5.41, 5.74) is 0.306. The zero-order valence-corrected chi connectivity index (χ0v) is 12.0. The number of hydrogen-bond donors (Lipinski definition) is 2. The molecule has 0 unspecified atom stereocenters. The van der Waals surface area contributed by atoms with E-state index in [1.165, 1.54) is 4.88 Å². The second kappa shape index (κ2) is 5.92. The highest BCUT2D eigenvalue weighted by atomic mass is 79.9. The standard InChI is InChI=1S/C11H11BrN4OS/c1-13-11(17)8-2-3-10(16-15-8)14-6-9-7(12)4-5-18-9/h2-5H,6H2,1H3,(H,13,17)(H,14,16). The highest BCUT2D eigenvalue weighted by Gasteiger charge is 2.06. The average Bonchev–Trinajstić information content (AvgIpc) is 2.81. The molecule has 2 N–H and O–H groups in total. The molecule has 2 rings (SSSR count). The molecule has 0 bridgehead atoms. The minimum absolute atomic E-state index is 0.241. The maximum atomic E-state index is 11.3. The van der Waals surface area contributed by atoms with Crippen molar-refractivity contribution < 1.29 is 4.79 Å². The van der Waals surface area contributed by atoms with Crippen molar-refractivity contribution >= 4 is 39.0 Å². The number of nitrogens with one attached hydrogen (secondary N) is 2. The molecule has 0 aliphatic rings. The predicted octanol–water partition coefficient (Wildman–Crippen LogP) is 2.27. The molecule has 7 heteroatoms. The fraction of sp³-hybridized carbons (Fsp3) is 0.182. The molecule has 0 spiro atoms. The molecule has 0 aliphatic heterocycles. The summed E-state index contributed by atoms with van der Waals surface area (Å²) in [4.78, 5) is 12.5. The summed E-state index contributed by atoms with van der Waals surface area (Å²) in [6, 6.07) is 5.37. The van der Waals surface area contributed by atoms with Gasteiger partial charge in [0.05, 0.1) is 6.54 Å². The van der Waals surface area contributed by atoms with Crippen molar-refractivity contribution in [2.75, 3.05) is 12.4 Å². The maximum Gasteiger partial charge on any atom is 0.271 e. The first-order valence-corrected chi connectivity index (χ1v) is 6.89. The van der Waals surface area contributed by atoms with E-state index in [1.807, 2.05) is 11.4 Å². The fourth-order valence-corrected chi connectivity index (χ4v) is 2.73. The Morgan fingerprint density at radius 1 is 1.39 bits per heavy atom. The number of carbonyl (C=O) groups excluding carboxylic acids is 1. The van der Waals surface area contributed by atoms with Gasteiger partial charge in [-0.1, -0.05) is 0 Å². The Labute approximate surface area is 117 Å². The maximum absolute atomic E-state index is 11.3. The van der Waals surface area contributed by atoms with Gasteiger partial charge >= 0.3 is 0 Å². The van der Waals surface area contributed by atoms with Gasteiger partial charge in [-0.25, -0.2) is 0 Å². The molecule has 0 saturated heterocycles. The van der Waals surface area contributed by atoms with Crippen LogP contribution in [-0.4, -0.2) is 23.2 Å². The molecule has 0 radical (unpaired) electrons. The Kier molecular flexibility index (Phi) is 4.27. The van der Waals surface area contributed by atoms with Gasteiger partial charge in [0.15, 0.2) is 5.69 Å². The van der Waals surface area contributed by atoms with Crippen LogP contribution in [0.5, 0.6) is 0 Å². The van der Waals surface area contributed by atoms with Crippen LogP contribution in [-0.2, 0) is 6.54 Å². The summed E-state index contributed by atoms with van der Waals surface area (Å²) >= 11 is 5.12. The van der Waals surface area contributed by atoms with Crippen LogP contribution in [0.1, 0.15) is 15.4 Å². The molecule has 0 saturated carbocycles. The van der Waals surface area contributed by atoms with Gasteiger partial charge in [0, 0.05) is 16.4 Å². The molecule has 2 aromatic heterocycles. The Balaban J connectivity index is 1.98. The second-order valence-corrected chi connectivity index (χ2v) is 5.28. The molecule has 0 fully saturated rings. The van der Waals surface area contributed by atoms with Crippen LogP contribution < -0.4 is 10.6 Å². The Morgan fingerprint density at radius 2 is 2.22 bits per heavy atom. The summed E-state index contributed by atoms with van der Waals surface area (Å²) < 4.78 is 1.08. The largest absolute Gasteiger partial charge is 0.364 e. The van der Waals surface area contributed by atoms with Crippen LogP contribution in [0.3, 0.4) is 0 Å². The lowest BCUT2D eigenvalue weighted by molar-refractivity contribution is 0.0957.